The van der Waals surface area contributed by atoms with Crippen molar-refractivity contribution in [2.75, 3.05) is 51.2 Å². The maximum atomic E-state index is 6.28. The highest BCUT2D eigenvalue weighted by molar-refractivity contribution is 6.32. The smallest absolute Gasteiger partial charge is 0.191 e. The highest BCUT2D eigenvalue weighted by Crippen LogP contribution is 2.25. The fraction of sp³-hybridized carbons (Fsp3) is 0.684. The molecule has 6 nitrogen and oxygen atoms in total. The Labute approximate surface area is 162 Å². The third-order valence-corrected chi connectivity index (χ3v) is 5.55. The summed E-state index contributed by atoms with van der Waals surface area (Å²) < 4.78 is 0. The Hall–Kier alpha value is -1.53. The summed E-state index contributed by atoms with van der Waals surface area (Å²) in [5.41, 5.74) is 0. The Morgan fingerprint density at radius 2 is 2.23 bits per heavy atom. The van der Waals surface area contributed by atoms with Gasteiger partial charge >= 0.3 is 0 Å². The van der Waals surface area contributed by atoms with Crippen LogP contribution in [0.4, 0.5) is 5.82 Å². The first-order chi connectivity index (χ1) is 12.7. The molecule has 26 heavy (non-hydrogen) atoms. The lowest BCUT2D eigenvalue weighted by molar-refractivity contribution is 0.324. The van der Waals surface area contributed by atoms with E-state index in [-0.39, 0.29) is 0 Å². The van der Waals surface area contributed by atoms with Crippen molar-refractivity contribution >= 4 is 23.4 Å². The number of likely N-dealkylation sites (tertiary alicyclic amines) is 1. The molecule has 0 bridgehead atoms. The summed E-state index contributed by atoms with van der Waals surface area (Å²) in [6.45, 7) is 8.74. The number of halogens is 1. The summed E-state index contributed by atoms with van der Waals surface area (Å²) in [7, 11) is 1.84. The topological polar surface area (TPSA) is 55.8 Å². The van der Waals surface area contributed by atoms with E-state index >= 15 is 0 Å². The van der Waals surface area contributed by atoms with Crippen LogP contribution in [0, 0.1) is 5.92 Å². The van der Waals surface area contributed by atoms with E-state index in [1.54, 1.807) is 6.20 Å². The molecule has 0 aromatic carbocycles. The molecule has 2 fully saturated rings. The van der Waals surface area contributed by atoms with Crippen molar-refractivity contribution in [1.82, 2.24) is 20.5 Å². The first-order valence-electron chi connectivity index (χ1n) is 9.74. The molecule has 0 aliphatic carbocycles. The minimum absolute atomic E-state index is 0.361. The first-order valence-corrected chi connectivity index (χ1v) is 10.1. The summed E-state index contributed by atoms with van der Waals surface area (Å²) >= 11 is 6.28. The summed E-state index contributed by atoms with van der Waals surface area (Å²) in [5.74, 6) is 2.49. The van der Waals surface area contributed by atoms with Gasteiger partial charge in [0.2, 0.25) is 0 Å². The summed E-state index contributed by atoms with van der Waals surface area (Å²) in [6.07, 6.45) is 5.37. The molecule has 3 rings (SSSR count). The van der Waals surface area contributed by atoms with Crippen molar-refractivity contribution in [3.8, 4) is 0 Å². The zero-order valence-corrected chi connectivity index (χ0v) is 16.7. The van der Waals surface area contributed by atoms with Crippen LogP contribution >= 0.6 is 11.6 Å². The standard InChI is InChI=1S/C19H31ClN6/c1-3-9-25-10-6-15(13-25)12-23-19(21-2)24-16-7-11-26(14-16)18-17(20)5-4-8-22-18/h4-5,8,15-16H,3,6-7,9-14H2,1-2H3,(H2,21,23,24). The summed E-state index contributed by atoms with van der Waals surface area (Å²) in [5, 5.41) is 7.79. The fourth-order valence-corrected chi connectivity index (χ4v) is 4.15. The van der Waals surface area contributed by atoms with E-state index < -0.39 is 0 Å². The van der Waals surface area contributed by atoms with Crippen LogP contribution in [0.2, 0.25) is 5.02 Å². The Morgan fingerprint density at radius 3 is 3.00 bits per heavy atom. The van der Waals surface area contributed by atoms with Crippen molar-refractivity contribution in [3.63, 3.8) is 0 Å². The van der Waals surface area contributed by atoms with Crippen molar-refractivity contribution in [2.45, 2.75) is 32.2 Å². The number of hydrogen-bond donors (Lipinski definition) is 2. The third-order valence-electron chi connectivity index (χ3n) is 5.26. The largest absolute Gasteiger partial charge is 0.356 e. The van der Waals surface area contributed by atoms with Crippen LogP contribution in [0.3, 0.4) is 0 Å². The number of aliphatic imine (C=N–C) groups is 1. The molecule has 0 amide bonds. The summed E-state index contributed by atoms with van der Waals surface area (Å²) in [4.78, 5) is 13.6. The number of nitrogens with zero attached hydrogens (tertiary/aromatic N) is 4. The molecule has 0 radical (unpaired) electrons. The van der Waals surface area contributed by atoms with Gasteiger partial charge in [-0.15, -0.1) is 0 Å². The molecule has 144 valence electrons. The molecule has 2 aliphatic rings. The maximum absolute atomic E-state index is 6.28. The van der Waals surface area contributed by atoms with Crippen LogP contribution in [0.25, 0.3) is 0 Å². The van der Waals surface area contributed by atoms with Crippen molar-refractivity contribution in [2.24, 2.45) is 10.9 Å². The second-order valence-electron chi connectivity index (χ2n) is 7.29. The van der Waals surface area contributed by atoms with Crippen molar-refractivity contribution in [1.29, 1.82) is 0 Å². The zero-order chi connectivity index (χ0) is 18.4. The Bertz CT molecular complexity index is 607. The second-order valence-corrected chi connectivity index (χ2v) is 7.70. The van der Waals surface area contributed by atoms with Crippen LogP contribution in [0.1, 0.15) is 26.2 Å². The summed E-state index contributed by atoms with van der Waals surface area (Å²) in [6, 6.07) is 4.13. The van der Waals surface area contributed by atoms with E-state index in [1.807, 2.05) is 19.2 Å². The van der Waals surface area contributed by atoms with E-state index in [1.165, 1.54) is 32.5 Å². The van der Waals surface area contributed by atoms with Gasteiger partial charge in [0.1, 0.15) is 5.82 Å². The molecule has 1 aromatic heterocycles. The van der Waals surface area contributed by atoms with Gasteiger partial charge in [-0.25, -0.2) is 4.98 Å². The average molecular weight is 379 g/mol. The predicted octanol–water partition coefficient (Wildman–Crippen LogP) is 2.21. The maximum Gasteiger partial charge on any atom is 0.191 e. The molecular formula is C19H31ClN6. The highest BCUT2D eigenvalue weighted by atomic mass is 35.5. The lowest BCUT2D eigenvalue weighted by Gasteiger charge is -2.21. The Balaban J connectivity index is 1.44. The molecule has 2 aliphatic heterocycles. The molecule has 0 spiro atoms. The van der Waals surface area contributed by atoms with E-state index in [2.05, 4.69) is 37.3 Å². The number of aromatic nitrogens is 1. The molecule has 0 saturated carbocycles. The molecule has 7 heteroatoms. The Morgan fingerprint density at radius 1 is 1.35 bits per heavy atom. The van der Waals surface area contributed by atoms with Gasteiger partial charge in [0.25, 0.3) is 0 Å². The SMILES string of the molecule is CCCN1CCC(CNC(=NC)NC2CCN(c3ncccc3Cl)C2)C1. The van der Waals surface area contributed by atoms with E-state index in [0.29, 0.717) is 17.0 Å². The normalized spacial score (nSPS) is 24.3. The zero-order valence-electron chi connectivity index (χ0n) is 15.9. The lowest BCUT2D eigenvalue weighted by atomic mass is 10.1. The molecule has 2 unspecified atom stereocenters. The van der Waals surface area contributed by atoms with Gasteiger partial charge in [0.15, 0.2) is 5.96 Å². The Kier molecular flexibility index (Phi) is 6.97. The second kappa shape index (κ2) is 9.42. The number of anilines is 1. The monoisotopic (exact) mass is 378 g/mol. The number of hydrogen-bond acceptors (Lipinski definition) is 4. The quantitative estimate of drug-likeness (QED) is 0.587. The van der Waals surface area contributed by atoms with Gasteiger partial charge in [-0.2, -0.15) is 0 Å². The number of rotatable bonds is 6. The highest BCUT2D eigenvalue weighted by Gasteiger charge is 2.26. The number of pyridine rings is 1. The van der Waals surface area contributed by atoms with E-state index in [4.69, 9.17) is 11.6 Å². The molecule has 2 atom stereocenters. The molecule has 1 aromatic rings. The van der Waals surface area contributed by atoms with E-state index in [0.717, 1.165) is 37.8 Å². The number of guanidine groups is 1. The van der Waals surface area contributed by atoms with Gasteiger partial charge in [-0.3, -0.25) is 4.99 Å². The lowest BCUT2D eigenvalue weighted by Crippen LogP contribution is -2.46. The average Bonchev–Trinajstić information content (AvgIpc) is 3.29. The minimum Gasteiger partial charge on any atom is -0.356 e. The van der Waals surface area contributed by atoms with Crippen LogP contribution in [-0.2, 0) is 0 Å². The minimum atomic E-state index is 0.361. The fourth-order valence-electron chi connectivity index (χ4n) is 3.91. The molecular weight excluding hydrogens is 348 g/mol. The van der Waals surface area contributed by atoms with Crippen molar-refractivity contribution < 1.29 is 0 Å². The van der Waals surface area contributed by atoms with Crippen LogP contribution in [-0.4, -0.2) is 68.2 Å². The van der Waals surface area contributed by atoms with Crippen LogP contribution in [0.15, 0.2) is 23.3 Å². The molecule has 2 saturated heterocycles. The predicted molar refractivity (Wildman–Crippen MR) is 109 cm³/mol. The third kappa shape index (κ3) is 5.01. The van der Waals surface area contributed by atoms with Crippen LogP contribution < -0.4 is 15.5 Å². The van der Waals surface area contributed by atoms with Gasteiger partial charge in [0.05, 0.1) is 5.02 Å². The first kappa shape index (κ1) is 19.2. The van der Waals surface area contributed by atoms with Crippen LogP contribution in [0.5, 0.6) is 0 Å². The van der Waals surface area contributed by atoms with E-state index in [9.17, 15) is 0 Å². The van der Waals surface area contributed by atoms with Gasteiger partial charge in [0, 0.05) is 45.5 Å². The molecule has 2 N–H and O–H groups in total. The molecule has 3 heterocycles. The van der Waals surface area contributed by atoms with Gasteiger partial charge < -0.3 is 20.4 Å². The van der Waals surface area contributed by atoms with Crippen molar-refractivity contribution in [3.05, 3.63) is 23.4 Å². The van der Waals surface area contributed by atoms with Gasteiger partial charge in [-0.1, -0.05) is 18.5 Å². The number of nitrogens with one attached hydrogen (secondary N) is 2. The van der Waals surface area contributed by atoms with Gasteiger partial charge in [-0.05, 0) is 50.4 Å².